The fraction of sp³-hybridized carbons (Fsp3) is 0.400. The molecule has 1 aromatic carbocycles. The maximum absolute atomic E-state index is 5.89. The van der Waals surface area contributed by atoms with Gasteiger partial charge in [0.25, 0.3) is 0 Å². The Labute approximate surface area is 87.9 Å². The molecule has 1 aromatic rings. The first-order chi connectivity index (χ1) is 6.02. The summed E-state index contributed by atoms with van der Waals surface area (Å²) < 4.78 is 1.02. The Balaban J connectivity index is 3.01. The topological polar surface area (TPSA) is 29.3 Å². The summed E-state index contributed by atoms with van der Waals surface area (Å²) in [6, 6.07) is 6.42. The van der Waals surface area contributed by atoms with E-state index < -0.39 is 0 Å². The standard InChI is InChI=1S/C10H15BrN2/c1-7(2)13(3)10-5-4-8(11)6-9(10)12/h4-7H,12H2,1-3H3. The first-order valence-corrected chi connectivity index (χ1v) is 5.09. The van der Waals surface area contributed by atoms with Crippen molar-refractivity contribution in [3.8, 4) is 0 Å². The molecule has 0 spiro atoms. The molecule has 0 aromatic heterocycles. The largest absolute Gasteiger partial charge is 0.397 e. The molecule has 0 fully saturated rings. The molecule has 0 radical (unpaired) electrons. The minimum atomic E-state index is 0.462. The van der Waals surface area contributed by atoms with E-state index in [9.17, 15) is 0 Å². The number of halogens is 1. The molecule has 0 saturated heterocycles. The molecule has 0 heterocycles. The van der Waals surface area contributed by atoms with Crippen molar-refractivity contribution in [3.05, 3.63) is 22.7 Å². The van der Waals surface area contributed by atoms with Crippen molar-refractivity contribution in [1.82, 2.24) is 0 Å². The Morgan fingerprint density at radius 3 is 2.46 bits per heavy atom. The summed E-state index contributed by atoms with van der Waals surface area (Å²) in [6.45, 7) is 4.28. The summed E-state index contributed by atoms with van der Waals surface area (Å²) in [4.78, 5) is 2.15. The molecule has 0 bridgehead atoms. The Morgan fingerprint density at radius 1 is 1.38 bits per heavy atom. The van der Waals surface area contributed by atoms with Crippen LogP contribution in [-0.2, 0) is 0 Å². The second-order valence-electron chi connectivity index (χ2n) is 3.41. The molecule has 0 amide bonds. The van der Waals surface area contributed by atoms with Gasteiger partial charge in [0.2, 0.25) is 0 Å². The second kappa shape index (κ2) is 4.01. The van der Waals surface area contributed by atoms with Gasteiger partial charge in [-0.05, 0) is 32.0 Å². The van der Waals surface area contributed by atoms with Gasteiger partial charge in [0.15, 0.2) is 0 Å². The highest BCUT2D eigenvalue weighted by atomic mass is 79.9. The zero-order valence-corrected chi connectivity index (χ0v) is 9.80. The van der Waals surface area contributed by atoms with Crippen molar-refractivity contribution in [3.63, 3.8) is 0 Å². The third-order valence-electron chi connectivity index (χ3n) is 2.14. The average molecular weight is 243 g/mol. The molecule has 0 aliphatic heterocycles. The van der Waals surface area contributed by atoms with Crippen LogP contribution in [0.15, 0.2) is 22.7 Å². The number of nitrogens with two attached hydrogens (primary N) is 1. The third kappa shape index (κ3) is 2.37. The number of benzene rings is 1. The zero-order valence-electron chi connectivity index (χ0n) is 8.21. The summed E-state index contributed by atoms with van der Waals surface area (Å²) in [5, 5.41) is 0. The maximum atomic E-state index is 5.89. The van der Waals surface area contributed by atoms with Gasteiger partial charge in [0.1, 0.15) is 0 Å². The molecule has 0 aliphatic carbocycles. The Kier molecular flexibility index (Phi) is 3.20. The summed E-state index contributed by atoms with van der Waals surface area (Å²) in [5.41, 5.74) is 7.78. The van der Waals surface area contributed by atoms with Gasteiger partial charge in [-0.25, -0.2) is 0 Å². The molecule has 0 unspecified atom stereocenters. The maximum Gasteiger partial charge on any atom is 0.0600 e. The predicted molar refractivity (Wildman–Crippen MR) is 62.1 cm³/mol. The normalized spacial score (nSPS) is 10.5. The van der Waals surface area contributed by atoms with Crippen LogP contribution in [0.2, 0.25) is 0 Å². The van der Waals surface area contributed by atoms with E-state index in [4.69, 9.17) is 5.73 Å². The van der Waals surface area contributed by atoms with Gasteiger partial charge in [-0.15, -0.1) is 0 Å². The van der Waals surface area contributed by atoms with Crippen molar-refractivity contribution >= 4 is 27.3 Å². The highest BCUT2D eigenvalue weighted by Gasteiger charge is 2.07. The zero-order chi connectivity index (χ0) is 10.0. The van der Waals surface area contributed by atoms with Crippen LogP contribution in [0.3, 0.4) is 0 Å². The van der Waals surface area contributed by atoms with Gasteiger partial charge in [0.05, 0.1) is 11.4 Å². The summed E-state index contributed by atoms with van der Waals surface area (Å²) in [6.07, 6.45) is 0. The van der Waals surface area contributed by atoms with Crippen molar-refractivity contribution < 1.29 is 0 Å². The lowest BCUT2D eigenvalue weighted by atomic mass is 10.2. The number of nitrogen functional groups attached to an aromatic ring is 1. The van der Waals surface area contributed by atoms with Crippen LogP contribution in [-0.4, -0.2) is 13.1 Å². The van der Waals surface area contributed by atoms with Gasteiger partial charge in [-0.1, -0.05) is 15.9 Å². The van der Waals surface area contributed by atoms with Gasteiger partial charge in [-0.2, -0.15) is 0 Å². The predicted octanol–water partition coefficient (Wildman–Crippen LogP) is 2.88. The number of anilines is 2. The molecular weight excluding hydrogens is 228 g/mol. The quantitative estimate of drug-likeness (QED) is 0.809. The fourth-order valence-corrected chi connectivity index (χ4v) is 1.50. The van der Waals surface area contributed by atoms with Crippen LogP contribution in [0, 0.1) is 0 Å². The van der Waals surface area contributed by atoms with E-state index in [0.717, 1.165) is 15.8 Å². The third-order valence-corrected chi connectivity index (χ3v) is 2.64. The van der Waals surface area contributed by atoms with Gasteiger partial charge < -0.3 is 10.6 Å². The molecule has 1 rings (SSSR count). The van der Waals surface area contributed by atoms with Gasteiger partial charge in [0, 0.05) is 17.6 Å². The molecule has 0 aliphatic rings. The molecular formula is C10H15BrN2. The molecule has 13 heavy (non-hydrogen) atoms. The lowest BCUT2D eigenvalue weighted by Crippen LogP contribution is -2.26. The fourth-order valence-electron chi connectivity index (χ4n) is 1.12. The van der Waals surface area contributed by atoms with Crippen LogP contribution in [0.4, 0.5) is 11.4 Å². The molecule has 2 nitrogen and oxygen atoms in total. The Bertz CT molecular complexity index is 297. The van der Waals surface area contributed by atoms with Crippen LogP contribution in [0.5, 0.6) is 0 Å². The van der Waals surface area contributed by atoms with Crippen molar-refractivity contribution in [2.75, 3.05) is 17.7 Å². The first-order valence-electron chi connectivity index (χ1n) is 4.30. The Hall–Kier alpha value is -0.700. The SMILES string of the molecule is CC(C)N(C)c1ccc(Br)cc1N. The number of hydrogen-bond acceptors (Lipinski definition) is 2. The Morgan fingerprint density at radius 2 is 2.00 bits per heavy atom. The molecule has 3 heteroatoms. The van der Waals surface area contributed by atoms with Crippen molar-refractivity contribution in [2.24, 2.45) is 0 Å². The lowest BCUT2D eigenvalue weighted by Gasteiger charge is -2.25. The van der Waals surface area contributed by atoms with E-state index in [0.29, 0.717) is 6.04 Å². The molecule has 2 N–H and O–H groups in total. The summed E-state index contributed by atoms with van der Waals surface area (Å²) >= 11 is 3.38. The lowest BCUT2D eigenvalue weighted by molar-refractivity contribution is 0.755. The smallest absolute Gasteiger partial charge is 0.0600 e. The average Bonchev–Trinajstić information content (AvgIpc) is 2.03. The van der Waals surface area contributed by atoms with Crippen LogP contribution >= 0.6 is 15.9 Å². The van der Waals surface area contributed by atoms with Crippen molar-refractivity contribution in [2.45, 2.75) is 19.9 Å². The van der Waals surface area contributed by atoms with E-state index in [1.165, 1.54) is 0 Å². The first kappa shape index (κ1) is 10.4. The van der Waals surface area contributed by atoms with Crippen molar-refractivity contribution in [1.29, 1.82) is 0 Å². The van der Waals surface area contributed by atoms with Crippen LogP contribution in [0.25, 0.3) is 0 Å². The highest BCUT2D eigenvalue weighted by Crippen LogP contribution is 2.26. The van der Waals surface area contributed by atoms with Crippen LogP contribution < -0.4 is 10.6 Å². The molecule has 0 saturated carbocycles. The number of nitrogens with zero attached hydrogens (tertiary/aromatic N) is 1. The second-order valence-corrected chi connectivity index (χ2v) is 4.32. The molecule has 72 valence electrons. The van der Waals surface area contributed by atoms with E-state index in [1.54, 1.807) is 0 Å². The van der Waals surface area contributed by atoms with Gasteiger partial charge in [-0.3, -0.25) is 0 Å². The number of hydrogen-bond donors (Lipinski definition) is 1. The van der Waals surface area contributed by atoms with Gasteiger partial charge >= 0.3 is 0 Å². The molecule has 0 atom stereocenters. The minimum absolute atomic E-state index is 0.462. The van der Waals surface area contributed by atoms with E-state index >= 15 is 0 Å². The monoisotopic (exact) mass is 242 g/mol. The highest BCUT2D eigenvalue weighted by molar-refractivity contribution is 9.10. The minimum Gasteiger partial charge on any atom is -0.397 e. The van der Waals surface area contributed by atoms with E-state index in [-0.39, 0.29) is 0 Å². The van der Waals surface area contributed by atoms with E-state index in [1.807, 2.05) is 25.2 Å². The summed E-state index contributed by atoms with van der Waals surface area (Å²) in [7, 11) is 2.05. The van der Waals surface area contributed by atoms with Crippen LogP contribution in [0.1, 0.15) is 13.8 Å². The number of rotatable bonds is 2. The summed E-state index contributed by atoms with van der Waals surface area (Å²) in [5.74, 6) is 0. The van der Waals surface area contributed by atoms with E-state index in [2.05, 4.69) is 34.7 Å².